The standard InChI is InChI=1S/C19H22N2O2S/c1-15-7-9-16(10-8-15)14-24(22,23)21-13-12-20-11-3-5-17-4-2-6-18(21)19(17)20/h2,4,6-10H,3,5,11-14H2,1H3. The van der Waals surface area contributed by atoms with E-state index in [-0.39, 0.29) is 5.75 Å². The molecule has 2 aromatic rings. The molecule has 2 aliphatic rings. The monoisotopic (exact) mass is 342 g/mol. The Kier molecular flexibility index (Phi) is 3.76. The average Bonchev–Trinajstić information content (AvgIpc) is 2.57. The number of aryl methyl sites for hydroxylation is 2. The van der Waals surface area contributed by atoms with E-state index in [1.807, 2.05) is 43.3 Å². The van der Waals surface area contributed by atoms with Crippen LogP contribution in [-0.4, -0.2) is 28.1 Å². The first-order chi connectivity index (χ1) is 11.5. The van der Waals surface area contributed by atoms with Crippen molar-refractivity contribution in [2.24, 2.45) is 0 Å². The van der Waals surface area contributed by atoms with Crippen LogP contribution < -0.4 is 9.21 Å². The van der Waals surface area contributed by atoms with Gasteiger partial charge in [-0.1, -0.05) is 42.0 Å². The Hall–Kier alpha value is -2.01. The number of hydrogen-bond acceptors (Lipinski definition) is 3. The van der Waals surface area contributed by atoms with E-state index in [1.165, 1.54) is 5.56 Å². The fourth-order valence-electron chi connectivity index (χ4n) is 3.74. The van der Waals surface area contributed by atoms with Crippen molar-refractivity contribution in [2.75, 3.05) is 28.8 Å². The maximum Gasteiger partial charge on any atom is 0.239 e. The molecule has 0 aromatic heterocycles. The van der Waals surface area contributed by atoms with Crippen molar-refractivity contribution in [3.63, 3.8) is 0 Å². The number of benzene rings is 2. The molecule has 0 aliphatic carbocycles. The fourth-order valence-corrected chi connectivity index (χ4v) is 5.31. The van der Waals surface area contributed by atoms with Crippen LogP contribution in [0, 0.1) is 6.92 Å². The lowest BCUT2D eigenvalue weighted by atomic mass is 9.99. The van der Waals surface area contributed by atoms with Crippen molar-refractivity contribution in [3.05, 3.63) is 59.2 Å². The third-order valence-corrected chi connectivity index (χ3v) is 6.68. The van der Waals surface area contributed by atoms with Gasteiger partial charge in [0.1, 0.15) is 0 Å². The third-order valence-electron chi connectivity index (χ3n) is 4.94. The predicted molar refractivity (Wildman–Crippen MR) is 98.1 cm³/mol. The van der Waals surface area contributed by atoms with Crippen LogP contribution in [0.25, 0.3) is 0 Å². The van der Waals surface area contributed by atoms with E-state index in [2.05, 4.69) is 11.0 Å². The van der Waals surface area contributed by atoms with Crippen molar-refractivity contribution in [1.82, 2.24) is 0 Å². The summed E-state index contributed by atoms with van der Waals surface area (Å²) in [6, 6.07) is 13.8. The molecule has 0 amide bonds. The minimum atomic E-state index is -3.38. The molecule has 4 nitrogen and oxygen atoms in total. The van der Waals surface area contributed by atoms with E-state index < -0.39 is 10.0 Å². The van der Waals surface area contributed by atoms with Gasteiger partial charge in [-0.15, -0.1) is 0 Å². The summed E-state index contributed by atoms with van der Waals surface area (Å²) in [4.78, 5) is 2.34. The van der Waals surface area contributed by atoms with Gasteiger partial charge in [0, 0.05) is 13.1 Å². The first-order valence-corrected chi connectivity index (χ1v) is 10.1. The van der Waals surface area contributed by atoms with Crippen molar-refractivity contribution >= 4 is 21.4 Å². The van der Waals surface area contributed by atoms with Gasteiger partial charge < -0.3 is 4.90 Å². The van der Waals surface area contributed by atoms with Crippen LogP contribution in [0.3, 0.4) is 0 Å². The zero-order valence-corrected chi connectivity index (χ0v) is 14.7. The topological polar surface area (TPSA) is 40.6 Å². The molecule has 24 heavy (non-hydrogen) atoms. The largest absolute Gasteiger partial charge is 0.368 e. The molecular weight excluding hydrogens is 320 g/mol. The highest BCUT2D eigenvalue weighted by Gasteiger charge is 2.33. The molecule has 126 valence electrons. The lowest BCUT2D eigenvalue weighted by Crippen LogP contribution is -2.46. The first-order valence-electron chi connectivity index (χ1n) is 8.47. The van der Waals surface area contributed by atoms with Crippen LogP contribution in [0.4, 0.5) is 11.4 Å². The van der Waals surface area contributed by atoms with E-state index in [0.717, 1.165) is 48.4 Å². The minimum Gasteiger partial charge on any atom is -0.368 e. The highest BCUT2D eigenvalue weighted by atomic mass is 32.2. The summed E-state index contributed by atoms with van der Waals surface area (Å²) in [5.41, 5.74) is 5.23. The van der Waals surface area contributed by atoms with Gasteiger partial charge in [-0.05, 0) is 37.0 Å². The molecule has 2 aliphatic heterocycles. The summed E-state index contributed by atoms with van der Waals surface area (Å²) < 4.78 is 27.7. The summed E-state index contributed by atoms with van der Waals surface area (Å²) >= 11 is 0. The first kappa shape index (κ1) is 15.5. The Morgan fingerprint density at radius 2 is 1.79 bits per heavy atom. The molecule has 0 unspecified atom stereocenters. The van der Waals surface area contributed by atoms with E-state index in [9.17, 15) is 8.42 Å². The van der Waals surface area contributed by atoms with E-state index >= 15 is 0 Å². The fraction of sp³-hybridized carbons (Fsp3) is 0.368. The van der Waals surface area contributed by atoms with Gasteiger partial charge >= 0.3 is 0 Å². The maximum atomic E-state index is 13.0. The second kappa shape index (κ2) is 5.81. The maximum absolute atomic E-state index is 13.0. The Morgan fingerprint density at radius 3 is 2.58 bits per heavy atom. The molecule has 0 N–H and O–H groups in total. The van der Waals surface area contributed by atoms with Crippen molar-refractivity contribution < 1.29 is 8.42 Å². The van der Waals surface area contributed by atoms with Crippen molar-refractivity contribution in [2.45, 2.75) is 25.5 Å². The van der Waals surface area contributed by atoms with Crippen LogP contribution in [0.5, 0.6) is 0 Å². The highest BCUT2D eigenvalue weighted by molar-refractivity contribution is 7.92. The molecule has 2 heterocycles. The van der Waals surface area contributed by atoms with Crippen LogP contribution in [0.2, 0.25) is 0 Å². The summed E-state index contributed by atoms with van der Waals surface area (Å²) in [5, 5.41) is 0. The molecule has 0 saturated carbocycles. The van der Waals surface area contributed by atoms with E-state index in [1.54, 1.807) is 4.31 Å². The summed E-state index contributed by atoms with van der Waals surface area (Å²) in [7, 11) is -3.38. The Balaban J connectivity index is 1.70. The van der Waals surface area contributed by atoms with Gasteiger partial charge in [0.15, 0.2) is 0 Å². The molecule has 0 atom stereocenters. The van der Waals surface area contributed by atoms with Crippen LogP contribution in [0.15, 0.2) is 42.5 Å². The molecule has 0 bridgehead atoms. The van der Waals surface area contributed by atoms with Crippen LogP contribution >= 0.6 is 0 Å². The van der Waals surface area contributed by atoms with Gasteiger partial charge in [0.25, 0.3) is 0 Å². The summed E-state index contributed by atoms with van der Waals surface area (Å²) in [6.45, 7) is 4.34. The van der Waals surface area contributed by atoms with E-state index in [4.69, 9.17) is 0 Å². The van der Waals surface area contributed by atoms with Gasteiger partial charge in [-0.25, -0.2) is 8.42 Å². The summed E-state index contributed by atoms with van der Waals surface area (Å²) in [5.74, 6) is 0.0525. The Labute approximate surface area is 143 Å². The second-order valence-electron chi connectivity index (χ2n) is 6.69. The second-order valence-corrected chi connectivity index (χ2v) is 8.58. The Morgan fingerprint density at radius 1 is 1.00 bits per heavy atom. The van der Waals surface area contributed by atoms with Gasteiger partial charge in [-0.2, -0.15) is 0 Å². The summed E-state index contributed by atoms with van der Waals surface area (Å²) in [6.07, 6.45) is 2.18. The number of anilines is 2. The predicted octanol–water partition coefficient (Wildman–Crippen LogP) is 3.10. The molecule has 0 spiro atoms. The average molecular weight is 342 g/mol. The number of hydrogen-bond donors (Lipinski definition) is 0. The Bertz CT molecular complexity index is 859. The number of para-hydroxylation sites is 1. The number of nitrogens with zero attached hydrogens (tertiary/aromatic N) is 2. The number of rotatable bonds is 3. The van der Waals surface area contributed by atoms with Crippen LogP contribution in [-0.2, 0) is 22.2 Å². The smallest absolute Gasteiger partial charge is 0.239 e. The van der Waals surface area contributed by atoms with Gasteiger partial charge in [0.05, 0.1) is 23.7 Å². The van der Waals surface area contributed by atoms with Gasteiger partial charge in [-0.3, -0.25) is 4.31 Å². The molecule has 0 fully saturated rings. The van der Waals surface area contributed by atoms with Crippen molar-refractivity contribution in [1.29, 1.82) is 0 Å². The zero-order valence-electron chi connectivity index (χ0n) is 13.9. The third kappa shape index (κ3) is 2.67. The quantitative estimate of drug-likeness (QED) is 0.861. The van der Waals surface area contributed by atoms with Gasteiger partial charge in [0.2, 0.25) is 10.0 Å². The molecule has 5 heteroatoms. The lowest BCUT2D eigenvalue weighted by molar-refractivity contribution is 0.585. The van der Waals surface area contributed by atoms with Crippen LogP contribution in [0.1, 0.15) is 23.1 Å². The molecular formula is C19H22N2O2S. The highest BCUT2D eigenvalue weighted by Crippen LogP contribution is 2.40. The van der Waals surface area contributed by atoms with E-state index in [0.29, 0.717) is 6.54 Å². The minimum absolute atomic E-state index is 0.0525. The molecule has 0 saturated heterocycles. The zero-order chi connectivity index (χ0) is 16.7. The normalized spacial score (nSPS) is 16.9. The molecule has 4 rings (SSSR count). The number of sulfonamides is 1. The lowest BCUT2D eigenvalue weighted by Gasteiger charge is -2.41. The van der Waals surface area contributed by atoms with Crippen molar-refractivity contribution in [3.8, 4) is 0 Å². The molecule has 2 aromatic carbocycles. The SMILES string of the molecule is Cc1ccc(CS(=O)(=O)N2CCN3CCCc4cccc2c43)cc1. The molecule has 0 radical (unpaired) electrons.